The molecular formula is C12H21NS. The largest absolute Gasteiger partial charge is 0.314 e. The Morgan fingerprint density at radius 3 is 2.50 bits per heavy atom. The molecule has 0 unspecified atom stereocenters. The molecule has 80 valence electrons. The molecule has 0 bridgehead atoms. The maximum atomic E-state index is 3.34. The van der Waals surface area contributed by atoms with Crippen molar-refractivity contribution in [1.29, 1.82) is 0 Å². The highest BCUT2D eigenvalue weighted by molar-refractivity contribution is 7.12. The second-order valence-electron chi connectivity index (χ2n) is 4.43. The van der Waals surface area contributed by atoms with E-state index in [1.54, 1.807) is 0 Å². The van der Waals surface area contributed by atoms with Crippen LogP contribution in [0.3, 0.4) is 0 Å². The number of thiophene rings is 1. The van der Waals surface area contributed by atoms with E-state index in [-0.39, 0.29) is 5.54 Å². The first-order valence-corrected chi connectivity index (χ1v) is 6.15. The topological polar surface area (TPSA) is 12.0 Å². The van der Waals surface area contributed by atoms with Crippen molar-refractivity contribution in [3.63, 3.8) is 0 Å². The molecule has 0 fully saturated rings. The maximum Gasteiger partial charge on any atom is 0.0170 e. The van der Waals surface area contributed by atoms with Gasteiger partial charge in [-0.25, -0.2) is 0 Å². The van der Waals surface area contributed by atoms with Crippen molar-refractivity contribution < 1.29 is 0 Å². The maximum absolute atomic E-state index is 3.34. The minimum atomic E-state index is 0.217. The van der Waals surface area contributed by atoms with Gasteiger partial charge in [-0.2, -0.15) is 0 Å². The van der Waals surface area contributed by atoms with Gasteiger partial charge < -0.3 is 5.32 Å². The lowest BCUT2D eigenvalue weighted by Crippen LogP contribution is -2.38. The van der Waals surface area contributed by atoms with Crippen LogP contribution < -0.4 is 5.32 Å². The fourth-order valence-corrected chi connectivity index (χ4v) is 2.77. The standard InChI is InChI=1S/C12H21NS/c1-5-6-10-7-8-11(14-10)9-12(2,3)13-4/h7-8,13H,5-6,9H2,1-4H3. The van der Waals surface area contributed by atoms with E-state index in [9.17, 15) is 0 Å². The molecule has 0 aliphatic rings. The summed E-state index contributed by atoms with van der Waals surface area (Å²) in [5.41, 5.74) is 0.217. The normalized spacial score (nSPS) is 12.0. The Kier molecular flexibility index (Phi) is 4.14. The molecular weight excluding hydrogens is 190 g/mol. The summed E-state index contributed by atoms with van der Waals surface area (Å²) < 4.78 is 0. The predicted molar refractivity (Wildman–Crippen MR) is 65.2 cm³/mol. The quantitative estimate of drug-likeness (QED) is 0.788. The van der Waals surface area contributed by atoms with Gasteiger partial charge in [-0.05, 0) is 45.9 Å². The van der Waals surface area contributed by atoms with E-state index < -0.39 is 0 Å². The third-order valence-corrected chi connectivity index (χ3v) is 3.65. The molecule has 1 N–H and O–H groups in total. The molecule has 14 heavy (non-hydrogen) atoms. The Hall–Kier alpha value is -0.340. The van der Waals surface area contributed by atoms with Crippen LogP contribution in [0.1, 0.15) is 36.9 Å². The van der Waals surface area contributed by atoms with Crippen LogP contribution in [-0.2, 0) is 12.8 Å². The second-order valence-corrected chi connectivity index (χ2v) is 5.68. The molecule has 0 aliphatic carbocycles. The first-order chi connectivity index (χ1) is 6.57. The summed E-state index contributed by atoms with van der Waals surface area (Å²) in [6.07, 6.45) is 3.60. The molecule has 0 amide bonds. The highest BCUT2D eigenvalue weighted by atomic mass is 32.1. The summed E-state index contributed by atoms with van der Waals surface area (Å²) in [7, 11) is 2.03. The van der Waals surface area contributed by atoms with E-state index >= 15 is 0 Å². The summed E-state index contributed by atoms with van der Waals surface area (Å²) in [6.45, 7) is 6.72. The fraction of sp³-hybridized carbons (Fsp3) is 0.667. The Balaban J connectivity index is 2.59. The summed E-state index contributed by atoms with van der Waals surface area (Å²) in [6, 6.07) is 4.55. The fourth-order valence-electron chi connectivity index (χ4n) is 1.42. The van der Waals surface area contributed by atoms with Crippen LogP contribution in [0.4, 0.5) is 0 Å². The molecule has 0 aromatic carbocycles. The summed E-state index contributed by atoms with van der Waals surface area (Å²) in [5, 5.41) is 3.34. The summed E-state index contributed by atoms with van der Waals surface area (Å²) >= 11 is 1.96. The molecule has 1 aromatic heterocycles. The van der Waals surface area contributed by atoms with Gasteiger partial charge in [0.1, 0.15) is 0 Å². The average Bonchev–Trinajstić information content (AvgIpc) is 2.53. The number of nitrogens with one attached hydrogen (secondary N) is 1. The Bertz CT molecular complexity index is 276. The van der Waals surface area contributed by atoms with Crippen molar-refractivity contribution in [2.45, 2.75) is 45.6 Å². The van der Waals surface area contributed by atoms with Crippen LogP contribution in [0.15, 0.2) is 12.1 Å². The number of aryl methyl sites for hydroxylation is 1. The number of rotatable bonds is 5. The molecule has 0 saturated carbocycles. The van der Waals surface area contributed by atoms with Gasteiger partial charge in [0.05, 0.1) is 0 Å². The van der Waals surface area contributed by atoms with Crippen LogP contribution in [0.5, 0.6) is 0 Å². The number of likely N-dealkylation sites (N-methyl/N-ethyl adjacent to an activating group) is 1. The highest BCUT2D eigenvalue weighted by Crippen LogP contribution is 2.22. The third-order valence-electron chi connectivity index (χ3n) is 2.51. The predicted octanol–water partition coefficient (Wildman–Crippen LogP) is 3.24. The van der Waals surface area contributed by atoms with E-state index in [0.29, 0.717) is 0 Å². The zero-order valence-electron chi connectivity index (χ0n) is 9.68. The lowest BCUT2D eigenvalue weighted by molar-refractivity contribution is 0.425. The Morgan fingerprint density at radius 2 is 1.93 bits per heavy atom. The van der Waals surface area contributed by atoms with E-state index in [1.807, 2.05) is 18.4 Å². The molecule has 1 aromatic rings. The van der Waals surface area contributed by atoms with Gasteiger partial charge in [-0.15, -0.1) is 11.3 Å². The number of hydrogen-bond donors (Lipinski definition) is 1. The van der Waals surface area contributed by atoms with Crippen molar-refractivity contribution in [1.82, 2.24) is 5.32 Å². The molecule has 0 atom stereocenters. The minimum Gasteiger partial charge on any atom is -0.314 e. The zero-order valence-corrected chi connectivity index (χ0v) is 10.5. The molecule has 1 nitrogen and oxygen atoms in total. The van der Waals surface area contributed by atoms with Crippen LogP contribution >= 0.6 is 11.3 Å². The van der Waals surface area contributed by atoms with Gasteiger partial charge in [0.2, 0.25) is 0 Å². The Labute approximate surface area is 91.5 Å². The lowest BCUT2D eigenvalue weighted by Gasteiger charge is -2.22. The van der Waals surface area contributed by atoms with Crippen molar-refractivity contribution in [2.75, 3.05) is 7.05 Å². The van der Waals surface area contributed by atoms with E-state index in [2.05, 4.69) is 38.2 Å². The monoisotopic (exact) mass is 211 g/mol. The van der Waals surface area contributed by atoms with E-state index in [1.165, 1.54) is 22.6 Å². The molecule has 1 heterocycles. The summed E-state index contributed by atoms with van der Waals surface area (Å²) in [5.74, 6) is 0. The molecule has 0 spiro atoms. The van der Waals surface area contributed by atoms with Crippen LogP contribution in [0, 0.1) is 0 Å². The van der Waals surface area contributed by atoms with E-state index in [0.717, 1.165) is 6.42 Å². The summed E-state index contributed by atoms with van der Waals surface area (Å²) in [4.78, 5) is 3.02. The first-order valence-electron chi connectivity index (χ1n) is 5.34. The molecule has 2 heteroatoms. The first kappa shape index (κ1) is 11.7. The van der Waals surface area contributed by atoms with Crippen molar-refractivity contribution in [3.8, 4) is 0 Å². The zero-order chi connectivity index (χ0) is 10.6. The highest BCUT2D eigenvalue weighted by Gasteiger charge is 2.16. The van der Waals surface area contributed by atoms with Gasteiger partial charge in [-0.3, -0.25) is 0 Å². The SMILES string of the molecule is CCCc1ccc(CC(C)(C)NC)s1. The van der Waals surface area contributed by atoms with Gasteiger partial charge in [0.15, 0.2) is 0 Å². The second kappa shape index (κ2) is 4.94. The van der Waals surface area contributed by atoms with Gasteiger partial charge in [0, 0.05) is 15.3 Å². The molecule has 1 rings (SSSR count). The average molecular weight is 211 g/mol. The van der Waals surface area contributed by atoms with E-state index in [4.69, 9.17) is 0 Å². The smallest absolute Gasteiger partial charge is 0.0170 e. The third kappa shape index (κ3) is 3.43. The minimum absolute atomic E-state index is 0.217. The van der Waals surface area contributed by atoms with Crippen LogP contribution in [0.2, 0.25) is 0 Å². The van der Waals surface area contributed by atoms with Crippen molar-refractivity contribution in [2.24, 2.45) is 0 Å². The Morgan fingerprint density at radius 1 is 1.29 bits per heavy atom. The van der Waals surface area contributed by atoms with Gasteiger partial charge >= 0.3 is 0 Å². The van der Waals surface area contributed by atoms with Crippen LogP contribution in [-0.4, -0.2) is 12.6 Å². The van der Waals surface area contributed by atoms with Crippen molar-refractivity contribution >= 4 is 11.3 Å². The molecule has 0 radical (unpaired) electrons. The van der Waals surface area contributed by atoms with Gasteiger partial charge in [-0.1, -0.05) is 13.3 Å². The molecule has 0 aliphatic heterocycles. The van der Waals surface area contributed by atoms with Gasteiger partial charge in [0.25, 0.3) is 0 Å². The van der Waals surface area contributed by atoms with Crippen LogP contribution in [0.25, 0.3) is 0 Å². The number of hydrogen-bond acceptors (Lipinski definition) is 2. The van der Waals surface area contributed by atoms with Crippen molar-refractivity contribution in [3.05, 3.63) is 21.9 Å². The lowest BCUT2D eigenvalue weighted by atomic mass is 10.0. The molecule has 0 saturated heterocycles.